The maximum absolute atomic E-state index is 12.7. The van der Waals surface area contributed by atoms with Gasteiger partial charge in [0.05, 0.1) is 13.2 Å². The molecule has 1 unspecified atom stereocenters. The fourth-order valence-corrected chi connectivity index (χ4v) is 3.84. The summed E-state index contributed by atoms with van der Waals surface area (Å²) in [6.07, 6.45) is 3.84. The van der Waals surface area contributed by atoms with Crippen LogP contribution in [0.4, 0.5) is 11.4 Å². The lowest BCUT2D eigenvalue weighted by molar-refractivity contribution is -0.145. The lowest BCUT2D eigenvalue weighted by Gasteiger charge is -2.14. The summed E-state index contributed by atoms with van der Waals surface area (Å²) in [6, 6.07) is 23.2. The normalized spacial score (nSPS) is 11.3. The Labute approximate surface area is 229 Å². The van der Waals surface area contributed by atoms with Gasteiger partial charge in [-0.1, -0.05) is 55.8 Å². The molecule has 0 saturated heterocycles. The zero-order valence-corrected chi connectivity index (χ0v) is 22.2. The van der Waals surface area contributed by atoms with Gasteiger partial charge in [0.25, 0.3) is 0 Å². The molecule has 8 nitrogen and oxygen atoms in total. The molecule has 0 aromatic heterocycles. The van der Waals surface area contributed by atoms with E-state index in [1.54, 1.807) is 48.5 Å². The van der Waals surface area contributed by atoms with Gasteiger partial charge in [-0.15, -0.1) is 0 Å². The van der Waals surface area contributed by atoms with E-state index in [2.05, 4.69) is 17.6 Å². The molecule has 39 heavy (non-hydrogen) atoms. The van der Waals surface area contributed by atoms with Crippen LogP contribution in [0.3, 0.4) is 0 Å². The summed E-state index contributed by atoms with van der Waals surface area (Å²) in [4.78, 5) is 36.8. The number of hydrogen-bond acceptors (Lipinski definition) is 5. The molecular weight excluding hydrogens is 496 g/mol. The van der Waals surface area contributed by atoms with Gasteiger partial charge >= 0.3 is 5.97 Å². The van der Waals surface area contributed by atoms with Crippen molar-refractivity contribution in [2.24, 2.45) is 5.92 Å². The Morgan fingerprint density at radius 3 is 2.08 bits per heavy atom. The molecule has 1 atom stereocenters. The van der Waals surface area contributed by atoms with Crippen molar-refractivity contribution >= 4 is 29.2 Å². The first-order chi connectivity index (χ1) is 18.9. The largest absolute Gasteiger partial charge is 0.493 e. The van der Waals surface area contributed by atoms with E-state index in [4.69, 9.17) is 9.47 Å². The van der Waals surface area contributed by atoms with E-state index >= 15 is 0 Å². The van der Waals surface area contributed by atoms with E-state index in [0.717, 1.165) is 29.9 Å². The summed E-state index contributed by atoms with van der Waals surface area (Å²) in [7, 11) is 0. The van der Waals surface area contributed by atoms with Crippen LogP contribution in [-0.2, 0) is 20.8 Å². The molecule has 0 spiro atoms. The first kappa shape index (κ1) is 29.2. The predicted molar refractivity (Wildman–Crippen MR) is 151 cm³/mol. The van der Waals surface area contributed by atoms with E-state index < -0.39 is 17.8 Å². The molecule has 3 N–H and O–H groups in total. The third kappa shape index (κ3) is 10.5. The summed E-state index contributed by atoms with van der Waals surface area (Å²) in [5.74, 6) is -1.68. The molecule has 0 aliphatic rings. The second-order valence-electron chi connectivity index (χ2n) is 9.18. The number of rotatable bonds is 16. The quantitative estimate of drug-likeness (QED) is 0.156. The number of carbonyl (C=O) groups excluding carboxylic acids is 2. The maximum atomic E-state index is 12.7. The van der Waals surface area contributed by atoms with Crippen LogP contribution >= 0.6 is 0 Å². The highest BCUT2D eigenvalue weighted by Gasteiger charge is 2.26. The van der Waals surface area contributed by atoms with Crippen molar-refractivity contribution in [2.45, 2.75) is 45.4 Å². The van der Waals surface area contributed by atoms with Crippen LogP contribution < -0.4 is 20.1 Å². The van der Waals surface area contributed by atoms with Crippen molar-refractivity contribution in [1.29, 1.82) is 0 Å². The Bertz CT molecular complexity index is 1210. The summed E-state index contributed by atoms with van der Waals surface area (Å²) >= 11 is 0. The number of amides is 2. The predicted octanol–water partition coefficient (Wildman–Crippen LogP) is 5.94. The first-order valence-electron chi connectivity index (χ1n) is 13.3. The van der Waals surface area contributed by atoms with Crippen LogP contribution in [0.15, 0.2) is 78.9 Å². The molecule has 206 valence electrons. The van der Waals surface area contributed by atoms with Crippen LogP contribution in [0.5, 0.6) is 11.5 Å². The average molecular weight is 533 g/mol. The number of benzene rings is 3. The van der Waals surface area contributed by atoms with Crippen LogP contribution in [-0.4, -0.2) is 36.1 Å². The number of carbonyl (C=O) groups is 3. The van der Waals surface area contributed by atoms with Crippen molar-refractivity contribution in [1.82, 2.24) is 0 Å². The Hall–Kier alpha value is -4.33. The molecule has 0 saturated carbocycles. The van der Waals surface area contributed by atoms with E-state index in [-0.39, 0.29) is 12.3 Å². The molecule has 0 radical (unpaired) electrons. The third-order valence-corrected chi connectivity index (χ3v) is 5.95. The molecule has 0 aliphatic heterocycles. The second kappa shape index (κ2) is 15.8. The molecule has 0 bridgehead atoms. The Morgan fingerprint density at radius 1 is 0.769 bits per heavy atom. The molecule has 0 fully saturated rings. The van der Waals surface area contributed by atoms with Gasteiger partial charge in [0, 0.05) is 23.9 Å². The second-order valence-corrected chi connectivity index (χ2v) is 9.18. The number of hydrogen-bond donors (Lipinski definition) is 3. The van der Waals surface area contributed by atoms with Crippen molar-refractivity contribution in [3.8, 4) is 11.5 Å². The molecule has 3 aromatic carbocycles. The van der Waals surface area contributed by atoms with Gasteiger partial charge in [0.1, 0.15) is 17.4 Å². The van der Waals surface area contributed by atoms with E-state index in [1.807, 2.05) is 30.3 Å². The van der Waals surface area contributed by atoms with E-state index in [9.17, 15) is 19.5 Å². The van der Waals surface area contributed by atoms with Crippen molar-refractivity contribution in [3.05, 3.63) is 84.4 Å². The SMILES string of the molecule is CCCCOc1cccc(OCCCCC(=O)Nc2cccc(NC(=O)C(Cc3ccccc3)C(=O)O)c2)c1. The van der Waals surface area contributed by atoms with Crippen molar-refractivity contribution in [2.75, 3.05) is 23.8 Å². The number of ether oxygens (including phenoxy) is 2. The minimum absolute atomic E-state index is 0.0836. The summed E-state index contributed by atoms with van der Waals surface area (Å²) < 4.78 is 11.5. The number of nitrogens with one attached hydrogen (secondary N) is 2. The number of carboxylic acid groups (broad SMARTS) is 1. The highest BCUT2D eigenvalue weighted by atomic mass is 16.5. The van der Waals surface area contributed by atoms with E-state index in [1.165, 1.54) is 0 Å². The molecule has 3 aromatic rings. The maximum Gasteiger partial charge on any atom is 0.316 e. The summed E-state index contributed by atoms with van der Waals surface area (Å²) in [6.45, 7) is 3.29. The number of carboxylic acids is 1. The van der Waals surface area contributed by atoms with E-state index in [0.29, 0.717) is 43.9 Å². The minimum atomic E-state index is -1.23. The molecular formula is C31H36N2O6. The molecule has 0 aliphatic carbocycles. The minimum Gasteiger partial charge on any atom is -0.493 e. The lowest BCUT2D eigenvalue weighted by Crippen LogP contribution is -2.31. The molecule has 3 rings (SSSR count). The van der Waals surface area contributed by atoms with Gasteiger partial charge < -0.3 is 25.2 Å². The van der Waals surface area contributed by atoms with Gasteiger partial charge in [-0.3, -0.25) is 14.4 Å². The zero-order chi connectivity index (χ0) is 27.9. The zero-order valence-electron chi connectivity index (χ0n) is 22.2. The highest BCUT2D eigenvalue weighted by Crippen LogP contribution is 2.21. The highest BCUT2D eigenvalue weighted by molar-refractivity contribution is 6.04. The molecule has 0 heterocycles. The van der Waals surface area contributed by atoms with Crippen LogP contribution in [0.25, 0.3) is 0 Å². The van der Waals surface area contributed by atoms with Gasteiger partial charge in [-0.25, -0.2) is 0 Å². The number of aliphatic carboxylic acids is 1. The first-order valence-corrected chi connectivity index (χ1v) is 13.3. The van der Waals surface area contributed by atoms with Crippen molar-refractivity contribution in [3.63, 3.8) is 0 Å². The molecule has 8 heteroatoms. The standard InChI is InChI=1S/C31H36N2O6/c1-2-3-18-38-26-15-10-16-27(22-26)39-19-8-7-17-29(34)32-24-13-9-14-25(21-24)33-30(35)28(31(36)37)20-23-11-5-4-6-12-23/h4-6,9-16,21-22,28H,2-3,7-8,17-20H2,1H3,(H,32,34)(H,33,35)(H,36,37). The number of anilines is 2. The van der Waals surface area contributed by atoms with Crippen molar-refractivity contribution < 1.29 is 29.0 Å². The van der Waals surface area contributed by atoms with Gasteiger partial charge in [-0.05, 0) is 61.6 Å². The van der Waals surface area contributed by atoms with Crippen LogP contribution in [0.1, 0.15) is 44.6 Å². The Balaban J connectivity index is 1.41. The van der Waals surface area contributed by atoms with Gasteiger partial charge in [-0.2, -0.15) is 0 Å². The third-order valence-electron chi connectivity index (χ3n) is 5.95. The molecule has 2 amide bonds. The fourth-order valence-electron chi connectivity index (χ4n) is 3.84. The fraction of sp³-hybridized carbons (Fsp3) is 0.323. The lowest BCUT2D eigenvalue weighted by atomic mass is 9.98. The van der Waals surface area contributed by atoms with Crippen LogP contribution in [0, 0.1) is 5.92 Å². The summed E-state index contributed by atoms with van der Waals surface area (Å²) in [5.41, 5.74) is 1.69. The Kier molecular flexibility index (Phi) is 11.9. The number of unbranched alkanes of at least 4 members (excludes halogenated alkanes) is 2. The average Bonchev–Trinajstić information content (AvgIpc) is 2.92. The smallest absolute Gasteiger partial charge is 0.316 e. The van der Waals surface area contributed by atoms with Gasteiger partial charge in [0.15, 0.2) is 0 Å². The van der Waals surface area contributed by atoms with Crippen LogP contribution in [0.2, 0.25) is 0 Å². The topological polar surface area (TPSA) is 114 Å². The Morgan fingerprint density at radius 2 is 1.41 bits per heavy atom. The monoisotopic (exact) mass is 532 g/mol. The van der Waals surface area contributed by atoms with Gasteiger partial charge in [0.2, 0.25) is 11.8 Å². The summed E-state index contributed by atoms with van der Waals surface area (Å²) in [5, 5.41) is 15.0.